The minimum Gasteiger partial charge on any atom is -0.271 e. The molecule has 2 aromatic rings. The van der Waals surface area contributed by atoms with E-state index in [-0.39, 0.29) is 11.5 Å². The van der Waals surface area contributed by atoms with E-state index < -0.39 is 0 Å². The number of hydrazine groups is 1. The Balaban J connectivity index is 2.35. The van der Waals surface area contributed by atoms with Crippen LogP contribution in [0.15, 0.2) is 42.5 Å². The highest BCUT2D eigenvalue weighted by Gasteiger charge is 2.16. The summed E-state index contributed by atoms with van der Waals surface area (Å²) < 4.78 is 1.04. The van der Waals surface area contributed by atoms with Gasteiger partial charge in [0.05, 0.1) is 11.1 Å². The molecule has 112 valence electrons. The average molecular weight is 415 g/mol. The highest BCUT2D eigenvalue weighted by Crippen LogP contribution is 2.29. The molecule has 1 atom stereocenters. The molecule has 0 bridgehead atoms. The second-order valence-corrected chi connectivity index (χ2v) is 7.71. The molecule has 2 nitrogen and oxygen atoms in total. The van der Waals surface area contributed by atoms with Crippen molar-refractivity contribution in [2.45, 2.75) is 32.2 Å². The van der Waals surface area contributed by atoms with Crippen molar-refractivity contribution < 1.29 is 0 Å². The van der Waals surface area contributed by atoms with Crippen molar-refractivity contribution in [2.75, 3.05) is 0 Å². The second kappa shape index (κ2) is 6.65. The Bertz CT molecular complexity index is 618. The maximum Gasteiger partial charge on any atom is 0.0710 e. The largest absolute Gasteiger partial charge is 0.271 e. The molecule has 0 saturated carbocycles. The Morgan fingerprint density at radius 2 is 1.62 bits per heavy atom. The Morgan fingerprint density at radius 1 is 1.05 bits per heavy atom. The lowest BCUT2D eigenvalue weighted by atomic mass is 9.86. The van der Waals surface area contributed by atoms with E-state index >= 15 is 0 Å². The van der Waals surface area contributed by atoms with Gasteiger partial charge >= 0.3 is 0 Å². The van der Waals surface area contributed by atoms with E-state index in [0.29, 0.717) is 0 Å². The van der Waals surface area contributed by atoms with Crippen LogP contribution >= 0.6 is 34.2 Å². The summed E-state index contributed by atoms with van der Waals surface area (Å²) in [6, 6.07) is 14.5. The van der Waals surface area contributed by atoms with Gasteiger partial charge in [-0.25, -0.2) is 5.43 Å². The summed E-state index contributed by atoms with van der Waals surface area (Å²) in [5.74, 6) is 5.75. The fourth-order valence-electron chi connectivity index (χ4n) is 2.25. The lowest BCUT2D eigenvalue weighted by Crippen LogP contribution is -2.29. The van der Waals surface area contributed by atoms with E-state index in [1.54, 1.807) is 0 Å². The van der Waals surface area contributed by atoms with Gasteiger partial charge in [-0.15, -0.1) is 0 Å². The van der Waals surface area contributed by atoms with Gasteiger partial charge in [0.25, 0.3) is 0 Å². The highest BCUT2D eigenvalue weighted by atomic mass is 127. The maximum atomic E-state index is 6.21. The minimum atomic E-state index is -0.0616. The first-order valence-electron chi connectivity index (χ1n) is 6.84. The molecule has 4 heteroatoms. The topological polar surface area (TPSA) is 38.0 Å². The molecule has 0 aliphatic heterocycles. The highest BCUT2D eigenvalue weighted by molar-refractivity contribution is 14.1. The molecule has 0 aromatic heterocycles. The van der Waals surface area contributed by atoms with Crippen LogP contribution in [0.3, 0.4) is 0 Å². The predicted octanol–water partition coefficient (Wildman–Crippen LogP) is 4.79. The molecule has 1 unspecified atom stereocenters. The minimum absolute atomic E-state index is 0.0616. The summed E-state index contributed by atoms with van der Waals surface area (Å²) in [4.78, 5) is 0. The zero-order valence-corrected chi connectivity index (χ0v) is 15.4. The second-order valence-electron chi connectivity index (χ2n) is 6.15. The third-order valence-corrected chi connectivity index (χ3v) is 5.13. The zero-order chi connectivity index (χ0) is 15.6. The summed E-state index contributed by atoms with van der Waals surface area (Å²) >= 11 is 8.43. The van der Waals surface area contributed by atoms with E-state index in [1.807, 2.05) is 12.1 Å². The quantitative estimate of drug-likeness (QED) is 0.430. The van der Waals surface area contributed by atoms with Crippen molar-refractivity contribution in [3.05, 3.63) is 67.7 Å². The smallest absolute Gasteiger partial charge is 0.0710 e. The molecule has 0 fully saturated rings. The predicted molar refractivity (Wildman–Crippen MR) is 98.5 cm³/mol. The summed E-state index contributed by atoms with van der Waals surface area (Å²) in [6.07, 6.45) is 0. The SMILES string of the molecule is CC(C)(C)c1ccc(C(NN)c2ccc(I)c(Cl)c2)cc1. The van der Waals surface area contributed by atoms with E-state index in [0.717, 1.165) is 19.7 Å². The number of hydrogen-bond acceptors (Lipinski definition) is 2. The van der Waals surface area contributed by atoms with Crippen molar-refractivity contribution in [1.82, 2.24) is 5.43 Å². The number of nitrogens with one attached hydrogen (secondary N) is 1. The Labute approximate surface area is 145 Å². The lowest BCUT2D eigenvalue weighted by molar-refractivity contribution is 0.588. The standard InChI is InChI=1S/C17H20ClIN2/c1-17(2,3)13-7-4-11(5-8-13)16(21-20)12-6-9-15(19)14(18)10-12/h4-10,16,21H,20H2,1-3H3. The van der Waals surface area contributed by atoms with Crippen molar-refractivity contribution >= 4 is 34.2 Å². The van der Waals surface area contributed by atoms with Gasteiger partial charge in [-0.3, -0.25) is 5.84 Å². The Hall–Kier alpha value is -0.620. The maximum absolute atomic E-state index is 6.21. The Kier molecular flexibility index (Phi) is 5.30. The number of halogens is 2. The molecule has 2 rings (SSSR count). The van der Waals surface area contributed by atoms with Gasteiger partial charge in [-0.2, -0.15) is 0 Å². The van der Waals surface area contributed by atoms with E-state index in [2.05, 4.69) is 79.1 Å². The van der Waals surface area contributed by atoms with Crippen LogP contribution in [0.5, 0.6) is 0 Å². The molecule has 3 N–H and O–H groups in total. The van der Waals surface area contributed by atoms with E-state index in [4.69, 9.17) is 17.4 Å². The van der Waals surface area contributed by atoms with E-state index in [1.165, 1.54) is 5.56 Å². The van der Waals surface area contributed by atoms with Gasteiger partial charge in [0.1, 0.15) is 0 Å². The van der Waals surface area contributed by atoms with Crippen LogP contribution in [0.1, 0.15) is 43.5 Å². The van der Waals surface area contributed by atoms with Crippen LogP contribution < -0.4 is 11.3 Å². The van der Waals surface area contributed by atoms with E-state index in [9.17, 15) is 0 Å². The molecule has 0 amide bonds. The first-order chi connectivity index (χ1) is 9.82. The summed E-state index contributed by atoms with van der Waals surface area (Å²) in [5.41, 5.74) is 6.52. The van der Waals surface area contributed by atoms with Gasteiger partial charge in [-0.05, 0) is 56.8 Å². The van der Waals surface area contributed by atoms with Crippen LogP contribution in [0.25, 0.3) is 0 Å². The third-order valence-electron chi connectivity index (χ3n) is 3.55. The molecule has 0 aliphatic rings. The lowest BCUT2D eigenvalue weighted by Gasteiger charge is -2.22. The van der Waals surface area contributed by atoms with Crippen molar-refractivity contribution in [3.8, 4) is 0 Å². The monoisotopic (exact) mass is 414 g/mol. The molecule has 0 spiro atoms. The van der Waals surface area contributed by atoms with Gasteiger partial charge in [0.15, 0.2) is 0 Å². The van der Waals surface area contributed by atoms with Crippen LogP contribution in [-0.2, 0) is 5.41 Å². The van der Waals surface area contributed by atoms with Gasteiger partial charge in [0.2, 0.25) is 0 Å². The number of rotatable bonds is 3. The van der Waals surface area contributed by atoms with Crippen LogP contribution in [0, 0.1) is 3.57 Å². The number of hydrogen-bond donors (Lipinski definition) is 2. The van der Waals surface area contributed by atoms with Crippen molar-refractivity contribution in [1.29, 1.82) is 0 Å². The fourth-order valence-corrected chi connectivity index (χ4v) is 2.78. The van der Waals surface area contributed by atoms with Crippen LogP contribution in [0.4, 0.5) is 0 Å². The Morgan fingerprint density at radius 3 is 2.10 bits per heavy atom. The summed E-state index contributed by atoms with van der Waals surface area (Å²) in [7, 11) is 0. The summed E-state index contributed by atoms with van der Waals surface area (Å²) in [5, 5.41) is 0.750. The molecule has 21 heavy (non-hydrogen) atoms. The molecular formula is C17H20ClIN2. The molecular weight excluding hydrogens is 395 g/mol. The fraction of sp³-hybridized carbons (Fsp3) is 0.294. The molecule has 0 heterocycles. The molecule has 2 aromatic carbocycles. The van der Waals surface area contributed by atoms with Gasteiger partial charge < -0.3 is 0 Å². The normalized spacial score (nSPS) is 13.2. The average Bonchev–Trinajstić information content (AvgIpc) is 2.43. The van der Waals surface area contributed by atoms with Crippen molar-refractivity contribution in [2.24, 2.45) is 5.84 Å². The molecule has 0 aliphatic carbocycles. The van der Waals surface area contributed by atoms with Crippen LogP contribution in [0.2, 0.25) is 5.02 Å². The first-order valence-corrected chi connectivity index (χ1v) is 8.30. The first kappa shape index (κ1) is 16.7. The molecule has 0 radical (unpaired) electrons. The van der Waals surface area contributed by atoms with Gasteiger partial charge in [-0.1, -0.05) is 62.7 Å². The van der Waals surface area contributed by atoms with Crippen LogP contribution in [-0.4, -0.2) is 0 Å². The summed E-state index contributed by atoms with van der Waals surface area (Å²) in [6.45, 7) is 6.62. The zero-order valence-electron chi connectivity index (χ0n) is 12.5. The molecule has 0 saturated heterocycles. The van der Waals surface area contributed by atoms with Crippen molar-refractivity contribution in [3.63, 3.8) is 0 Å². The number of nitrogens with two attached hydrogens (primary N) is 1. The van der Waals surface area contributed by atoms with Gasteiger partial charge in [0, 0.05) is 3.57 Å². The third kappa shape index (κ3) is 3.97. The number of benzene rings is 2.